The van der Waals surface area contributed by atoms with E-state index in [4.69, 9.17) is 21.4 Å². The van der Waals surface area contributed by atoms with Crippen LogP contribution in [0.25, 0.3) is 0 Å². The largest absolute Gasteiger partial charge is 0.491 e. The van der Waals surface area contributed by atoms with Gasteiger partial charge in [0.2, 0.25) is 0 Å². The number of carboxylic acids is 1. The highest BCUT2D eigenvalue weighted by atomic mass is 35.5. The molecule has 1 saturated heterocycles. The highest BCUT2D eigenvalue weighted by Crippen LogP contribution is 2.26. The molecule has 1 fully saturated rings. The maximum atomic E-state index is 12.6. The molecular weight excluding hydrogens is 418 g/mol. The third kappa shape index (κ3) is 6.35. The van der Waals surface area contributed by atoms with E-state index in [0.717, 1.165) is 5.69 Å². The number of ether oxygens (including phenoxy) is 1. The Kier molecular flexibility index (Phi) is 7.76. The molecule has 2 aromatic rings. The average Bonchev–Trinajstić information content (AvgIpc) is 2.72. The quantitative estimate of drug-likeness (QED) is 0.673. The van der Waals surface area contributed by atoms with Gasteiger partial charge in [0.15, 0.2) is 0 Å². The molecule has 0 radical (unpaired) electrons. The molecule has 1 aliphatic heterocycles. The fourth-order valence-electron chi connectivity index (χ4n) is 3.89. The second kappa shape index (κ2) is 10.5. The number of para-hydroxylation sites is 1. The van der Waals surface area contributed by atoms with E-state index in [-0.39, 0.29) is 24.5 Å². The zero-order chi connectivity index (χ0) is 22.4. The summed E-state index contributed by atoms with van der Waals surface area (Å²) in [5, 5.41) is 12.4. The van der Waals surface area contributed by atoms with Crippen molar-refractivity contribution < 1.29 is 19.4 Å². The zero-order valence-electron chi connectivity index (χ0n) is 17.8. The van der Waals surface area contributed by atoms with Gasteiger partial charge in [0.25, 0.3) is 0 Å². The molecule has 2 N–H and O–H groups in total. The van der Waals surface area contributed by atoms with Gasteiger partial charge in [0.1, 0.15) is 12.4 Å². The third-order valence-electron chi connectivity index (χ3n) is 5.37. The average molecular weight is 446 g/mol. The van der Waals surface area contributed by atoms with E-state index in [1.807, 2.05) is 35.2 Å². The first-order chi connectivity index (χ1) is 14.8. The Morgan fingerprint density at radius 2 is 1.81 bits per heavy atom. The van der Waals surface area contributed by atoms with Crippen molar-refractivity contribution in [1.82, 2.24) is 9.80 Å². The Morgan fingerprint density at radius 3 is 2.45 bits per heavy atom. The first kappa shape index (κ1) is 22.9. The van der Waals surface area contributed by atoms with Crippen LogP contribution in [0.1, 0.15) is 19.4 Å². The first-order valence-corrected chi connectivity index (χ1v) is 10.7. The van der Waals surface area contributed by atoms with Crippen LogP contribution in [0.2, 0.25) is 5.02 Å². The Balaban J connectivity index is 1.52. The number of carbonyl (C=O) groups is 2. The van der Waals surface area contributed by atoms with Gasteiger partial charge in [-0.3, -0.25) is 9.69 Å². The van der Waals surface area contributed by atoms with Crippen LogP contribution >= 0.6 is 11.6 Å². The number of carbonyl (C=O) groups excluding carboxylic acids is 1. The topological polar surface area (TPSA) is 82.1 Å². The maximum Gasteiger partial charge on any atom is 0.321 e. The van der Waals surface area contributed by atoms with Crippen molar-refractivity contribution in [2.75, 3.05) is 31.6 Å². The zero-order valence-corrected chi connectivity index (χ0v) is 18.5. The minimum Gasteiger partial charge on any atom is -0.491 e. The van der Waals surface area contributed by atoms with Gasteiger partial charge in [-0.05, 0) is 43.7 Å². The minimum atomic E-state index is -0.898. The van der Waals surface area contributed by atoms with E-state index in [9.17, 15) is 9.59 Å². The second-order valence-electron chi connectivity index (χ2n) is 7.82. The van der Waals surface area contributed by atoms with E-state index in [0.29, 0.717) is 42.6 Å². The van der Waals surface area contributed by atoms with Crippen molar-refractivity contribution >= 4 is 29.3 Å². The molecule has 3 rings (SSSR count). The number of halogens is 1. The number of nitrogens with zero attached hydrogens (tertiary/aromatic N) is 2. The molecule has 0 aromatic heterocycles. The molecule has 166 valence electrons. The Morgan fingerprint density at radius 1 is 1.13 bits per heavy atom. The van der Waals surface area contributed by atoms with Gasteiger partial charge < -0.3 is 20.1 Å². The molecular formula is C23H28ClN3O4. The van der Waals surface area contributed by atoms with E-state index in [1.54, 1.807) is 18.2 Å². The lowest BCUT2D eigenvalue weighted by atomic mass is 10.1. The van der Waals surface area contributed by atoms with Crippen molar-refractivity contribution in [1.29, 1.82) is 0 Å². The summed E-state index contributed by atoms with van der Waals surface area (Å²) in [6, 6.07) is 14.7. The SMILES string of the molecule is CC1CN(C(=O)Nc2ccccc2)CC(C)N1CCOc1cc(CC(=O)O)ccc1Cl. The number of anilines is 1. The maximum absolute atomic E-state index is 12.6. The second-order valence-corrected chi connectivity index (χ2v) is 8.23. The fraction of sp³-hybridized carbons (Fsp3) is 0.391. The Bertz CT molecular complexity index is 897. The monoisotopic (exact) mass is 445 g/mol. The van der Waals surface area contributed by atoms with Crippen molar-refractivity contribution in [2.24, 2.45) is 0 Å². The smallest absolute Gasteiger partial charge is 0.321 e. The number of rotatable bonds is 7. The molecule has 2 aromatic carbocycles. The summed E-state index contributed by atoms with van der Waals surface area (Å²) in [5.74, 6) is -0.410. The standard InChI is InChI=1S/C23H28ClN3O4/c1-16-14-26(23(30)25-19-6-4-3-5-7-19)15-17(2)27(16)10-11-31-21-12-18(13-22(28)29)8-9-20(21)24/h3-9,12,16-17H,10-11,13-15H2,1-2H3,(H,25,30)(H,28,29). The summed E-state index contributed by atoms with van der Waals surface area (Å²) in [6.45, 7) is 6.53. The molecule has 0 aliphatic carbocycles. The number of amides is 2. The number of carboxylic acid groups (broad SMARTS) is 1. The molecule has 31 heavy (non-hydrogen) atoms. The molecule has 1 heterocycles. The number of hydrogen-bond donors (Lipinski definition) is 2. The van der Waals surface area contributed by atoms with Gasteiger partial charge in [-0.1, -0.05) is 35.9 Å². The number of aliphatic carboxylic acids is 1. The van der Waals surface area contributed by atoms with E-state index < -0.39 is 5.97 Å². The van der Waals surface area contributed by atoms with Gasteiger partial charge in [0.05, 0.1) is 11.4 Å². The number of piperazine rings is 1. The molecule has 8 heteroatoms. The molecule has 0 spiro atoms. The van der Waals surface area contributed by atoms with Crippen molar-refractivity contribution in [2.45, 2.75) is 32.4 Å². The summed E-state index contributed by atoms with van der Waals surface area (Å²) < 4.78 is 5.85. The molecule has 1 aliphatic rings. The normalized spacial score (nSPS) is 19.1. The van der Waals surface area contributed by atoms with E-state index in [2.05, 4.69) is 24.1 Å². The summed E-state index contributed by atoms with van der Waals surface area (Å²) >= 11 is 6.19. The van der Waals surface area contributed by atoms with Gasteiger partial charge in [-0.25, -0.2) is 4.79 Å². The van der Waals surface area contributed by atoms with Crippen LogP contribution in [0.15, 0.2) is 48.5 Å². The summed E-state index contributed by atoms with van der Waals surface area (Å²) in [5.41, 5.74) is 1.43. The molecule has 2 amide bonds. The highest BCUT2D eigenvalue weighted by molar-refractivity contribution is 6.32. The summed E-state index contributed by atoms with van der Waals surface area (Å²) in [6.07, 6.45) is -0.0748. The van der Waals surface area contributed by atoms with Crippen LogP contribution in [0.4, 0.5) is 10.5 Å². The fourth-order valence-corrected chi connectivity index (χ4v) is 4.06. The molecule has 0 bridgehead atoms. The van der Waals surface area contributed by atoms with Crippen LogP contribution in [0.3, 0.4) is 0 Å². The minimum absolute atomic E-state index is 0.0748. The van der Waals surface area contributed by atoms with Crippen LogP contribution in [-0.2, 0) is 11.2 Å². The lowest BCUT2D eigenvalue weighted by Gasteiger charge is -2.44. The Labute approximate surface area is 187 Å². The van der Waals surface area contributed by atoms with E-state index >= 15 is 0 Å². The van der Waals surface area contributed by atoms with Crippen molar-refractivity contribution in [3.63, 3.8) is 0 Å². The number of nitrogens with one attached hydrogen (secondary N) is 1. The molecule has 2 unspecified atom stereocenters. The van der Waals surface area contributed by atoms with Crippen molar-refractivity contribution in [3.8, 4) is 5.75 Å². The van der Waals surface area contributed by atoms with Gasteiger partial charge in [0, 0.05) is 37.4 Å². The third-order valence-corrected chi connectivity index (χ3v) is 5.68. The highest BCUT2D eigenvalue weighted by Gasteiger charge is 2.31. The summed E-state index contributed by atoms with van der Waals surface area (Å²) in [4.78, 5) is 27.7. The number of urea groups is 1. The number of benzene rings is 2. The van der Waals surface area contributed by atoms with Crippen LogP contribution in [0, 0.1) is 0 Å². The lowest BCUT2D eigenvalue weighted by Crippen LogP contribution is -2.59. The van der Waals surface area contributed by atoms with Crippen LogP contribution in [-0.4, -0.2) is 65.2 Å². The van der Waals surface area contributed by atoms with Gasteiger partial charge >= 0.3 is 12.0 Å². The summed E-state index contributed by atoms with van der Waals surface area (Å²) in [7, 11) is 0. The van der Waals surface area contributed by atoms with E-state index in [1.165, 1.54) is 0 Å². The predicted octanol–water partition coefficient (Wildman–Crippen LogP) is 3.97. The molecule has 2 atom stereocenters. The first-order valence-electron chi connectivity index (χ1n) is 10.3. The Hall–Kier alpha value is -2.77. The van der Waals surface area contributed by atoms with Gasteiger partial charge in [-0.2, -0.15) is 0 Å². The van der Waals surface area contributed by atoms with Gasteiger partial charge in [-0.15, -0.1) is 0 Å². The van der Waals surface area contributed by atoms with Crippen LogP contribution in [0.5, 0.6) is 5.75 Å². The lowest BCUT2D eigenvalue weighted by molar-refractivity contribution is -0.136. The predicted molar refractivity (Wildman–Crippen MR) is 121 cm³/mol. The van der Waals surface area contributed by atoms with Crippen LogP contribution < -0.4 is 10.1 Å². The number of hydrogen-bond acceptors (Lipinski definition) is 4. The molecule has 7 nitrogen and oxygen atoms in total. The molecule has 0 saturated carbocycles. The van der Waals surface area contributed by atoms with Crippen molar-refractivity contribution in [3.05, 3.63) is 59.1 Å².